The fourth-order valence-corrected chi connectivity index (χ4v) is 3.84. The lowest BCUT2D eigenvalue weighted by Crippen LogP contribution is -2.42. The molecular weight excluding hydrogens is 258 g/mol. The van der Waals surface area contributed by atoms with Crippen LogP contribution in [0.5, 0.6) is 0 Å². The summed E-state index contributed by atoms with van der Waals surface area (Å²) >= 11 is 6.15. The van der Waals surface area contributed by atoms with Crippen molar-refractivity contribution in [1.82, 2.24) is 4.72 Å². The van der Waals surface area contributed by atoms with Crippen LogP contribution in [0.1, 0.15) is 25.7 Å². The van der Waals surface area contributed by atoms with Crippen molar-refractivity contribution in [1.29, 1.82) is 0 Å². The van der Waals surface area contributed by atoms with Crippen molar-refractivity contribution in [2.24, 2.45) is 0 Å². The Hall–Kier alpha value is -0.580. The molecule has 1 aliphatic rings. The Morgan fingerprint density at radius 3 is 2.41 bits per heavy atom. The van der Waals surface area contributed by atoms with E-state index in [2.05, 4.69) is 4.72 Å². The Morgan fingerprint density at radius 1 is 1.12 bits per heavy atom. The lowest BCUT2D eigenvalue weighted by atomic mass is 9.96. The summed E-state index contributed by atoms with van der Waals surface area (Å²) in [5.41, 5.74) is 0. The van der Waals surface area contributed by atoms with E-state index in [0.717, 1.165) is 25.7 Å². The van der Waals surface area contributed by atoms with Gasteiger partial charge >= 0.3 is 0 Å². The van der Waals surface area contributed by atoms with E-state index >= 15 is 0 Å². The summed E-state index contributed by atoms with van der Waals surface area (Å²) < 4.78 is 26.9. The van der Waals surface area contributed by atoms with Gasteiger partial charge in [-0.2, -0.15) is 0 Å². The van der Waals surface area contributed by atoms with E-state index in [1.807, 2.05) is 0 Å². The summed E-state index contributed by atoms with van der Waals surface area (Å²) in [7, 11) is -3.43. The van der Waals surface area contributed by atoms with Crippen LogP contribution in [0.3, 0.4) is 0 Å². The predicted molar refractivity (Wildman–Crippen MR) is 68.7 cm³/mol. The molecule has 0 spiro atoms. The Morgan fingerprint density at radius 2 is 1.76 bits per heavy atom. The van der Waals surface area contributed by atoms with Gasteiger partial charge in [0, 0.05) is 11.4 Å². The standard InChI is InChI=1S/C12H16ClNO2S/c13-11-8-4-5-9-12(11)14-17(15,16)10-6-2-1-3-7-10/h1-3,6-7,11-12,14H,4-5,8-9H2/t11-,12+/m1/s1. The zero-order chi connectivity index (χ0) is 12.3. The number of hydrogen-bond donors (Lipinski definition) is 1. The van der Waals surface area contributed by atoms with Crippen LogP contribution in [0.2, 0.25) is 0 Å². The van der Waals surface area contributed by atoms with E-state index < -0.39 is 10.0 Å². The Balaban J connectivity index is 2.12. The van der Waals surface area contributed by atoms with Gasteiger partial charge in [0.2, 0.25) is 10.0 Å². The van der Waals surface area contributed by atoms with E-state index in [-0.39, 0.29) is 11.4 Å². The van der Waals surface area contributed by atoms with Crippen LogP contribution in [0.4, 0.5) is 0 Å². The first-order valence-electron chi connectivity index (χ1n) is 5.81. The summed E-state index contributed by atoms with van der Waals surface area (Å²) in [5, 5.41) is -0.0952. The Labute approximate surface area is 107 Å². The van der Waals surface area contributed by atoms with Gasteiger partial charge in [-0.1, -0.05) is 31.0 Å². The summed E-state index contributed by atoms with van der Waals surface area (Å²) in [6.07, 6.45) is 3.81. The molecule has 3 nitrogen and oxygen atoms in total. The van der Waals surface area contributed by atoms with Crippen molar-refractivity contribution < 1.29 is 8.42 Å². The fraction of sp³-hybridized carbons (Fsp3) is 0.500. The smallest absolute Gasteiger partial charge is 0.207 e. The van der Waals surface area contributed by atoms with Crippen LogP contribution < -0.4 is 4.72 Å². The third-order valence-electron chi connectivity index (χ3n) is 3.04. The van der Waals surface area contributed by atoms with Gasteiger partial charge in [-0.05, 0) is 25.0 Å². The lowest BCUT2D eigenvalue weighted by Gasteiger charge is -2.27. The van der Waals surface area contributed by atoms with Crippen molar-refractivity contribution in [3.8, 4) is 0 Å². The molecule has 94 valence electrons. The van der Waals surface area contributed by atoms with Gasteiger partial charge in [0.15, 0.2) is 0 Å². The normalized spacial score (nSPS) is 25.7. The number of benzene rings is 1. The first-order valence-corrected chi connectivity index (χ1v) is 7.73. The molecule has 0 aliphatic heterocycles. The predicted octanol–water partition coefficient (Wildman–Crippen LogP) is 2.51. The van der Waals surface area contributed by atoms with Crippen molar-refractivity contribution in [2.75, 3.05) is 0 Å². The van der Waals surface area contributed by atoms with Crippen LogP contribution in [0, 0.1) is 0 Å². The van der Waals surface area contributed by atoms with Gasteiger partial charge in [0.25, 0.3) is 0 Å². The van der Waals surface area contributed by atoms with Gasteiger partial charge in [-0.15, -0.1) is 11.6 Å². The minimum absolute atomic E-state index is 0.0952. The highest BCUT2D eigenvalue weighted by atomic mass is 35.5. The van der Waals surface area contributed by atoms with E-state index in [4.69, 9.17) is 11.6 Å². The van der Waals surface area contributed by atoms with Crippen molar-refractivity contribution >= 4 is 21.6 Å². The first kappa shape index (κ1) is 12.9. The van der Waals surface area contributed by atoms with E-state index in [1.165, 1.54) is 0 Å². The molecule has 2 rings (SSSR count). The SMILES string of the molecule is O=S(=O)(N[C@H]1CCCC[C@H]1Cl)c1ccccc1. The topological polar surface area (TPSA) is 46.2 Å². The highest BCUT2D eigenvalue weighted by molar-refractivity contribution is 7.89. The molecule has 0 radical (unpaired) electrons. The molecule has 5 heteroatoms. The van der Waals surface area contributed by atoms with Gasteiger partial charge in [-0.3, -0.25) is 0 Å². The van der Waals surface area contributed by atoms with Crippen molar-refractivity contribution in [3.05, 3.63) is 30.3 Å². The minimum Gasteiger partial charge on any atom is -0.207 e. The third kappa shape index (κ3) is 3.21. The maximum atomic E-state index is 12.1. The summed E-state index contributed by atoms with van der Waals surface area (Å²) in [5.74, 6) is 0. The fourth-order valence-electron chi connectivity index (χ4n) is 2.09. The maximum Gasteiger partial charge on any atom is 0.240 e. The number of sulfonamides is 1. The molecule has 0 heterocycles. The number of nitrogens with one attached hydrogen (secondary N) is 1. The third-order valence-corrected chi connectivity index (χ3v) is 5.07. The molecule has 1 fully saturated rings. The molecule has 0 saturated heterocycles. The Kier molecular flexibility index (Phi) is 4.07. The lowest BCUT2D eigenvalue weighted by molar-refractivity contribution is 0.418. The van der Waals surface area contributed by atoms with E-state index in [1.54, 1.807) is 30.3 Å². The van der Waals surface area contributed by atoms with Crippen molar-refractivity contribution in [2.45, 2.75) is 42.0 Å². The van der Waals surface area contributed by atoms with Crippen LogP contribution in [0.15, 0.2) is 35.2 Å². The van der Waals surface area contributed by atoms with Gasteiger partial charge < -0.3 is 0 Å². The molecule has 2 atom stereocenters. The second-order valence-electron chi connectivity index (χ2n) is 4.34. The van der Waals surface area contributed by atoms with Gasteiger partial charge in [0.05, 0.1) is 4.90 Å². The van der Waals surface area contributed by atoms with E-state index in [9.17, 15) is 8.42 Å². The molecule has 1 saturated carbocycles. The average molecular weight is 274 g/mol. The maximum absolute atomic E-state index is 12.1. The van der Waals surface area contributed by atoms with Crippen LogP contribution in [0.25, 0.3) is 0 Å². The zero-order valence-corrected chi connectivity index (χ0v) is 11.0. The minimum atomic E-state index is -3.43. The zero-order valence-electron chi connectivity index (χ0n) is 9.47. The molecule has 0 aromatic heterocycles. The molecule has 17 heavy (non-hydrogen) atoms. The molecular formula is C12H16ClNO2S. The molecule has 1 aromatic carbocycles. The second-order valence-corrected chi connectivity index (χ2v) is 6.62. The molecule has 0 unspecified atom stereocenters. The van der Waals surface area contributed by atoms with Crippen LogP contribution in [-0.4, -0.2) is 19.8 Å². The highest BCUT2D eigenvalue weighted by Gasteiger charge is 2.27. The van der Waals surface area contributed by atoms with Crippen LogP contribution >= 0.6 is 11.6 Å². The summed E-state index contributed by atoms with van der Waals surface area (Å²) in [6, 6.07) is 8.27. The molecule has 1 aliphatic carbocycles. The van der Waals surface area contributed by atoms with Gasteiger partial charge in [-0.25, -0.2) is 13.1 Å². The number of halogens is 1. The first-order chi connectivity index (χ1) is 8.09. The molecule has 0 bridgehead atoms. The number of rotatable bonds is 3. The summed E-state index contributed by atoms with van der Waals surface area (Å²) in [4.78, 5) is 0.300. The second kappa shape index (κ2) is 5.38. The highest BCUT2D eigenvalue weighted by Crippen LogP contribution is 2.24. The molecule has 0 amide bonds. The van der Waals surface area contributed by atoms with Crippen LogP contribution in [-0.2, 0) is 10.0 Å². The summed E-state index contributed by atoms with van der Waals surface area (Å²) in [6.45, 7) is 0. The monoisotopic (exact) mass is 273 g/mol. The largest absolute Gasteiger partial charge is 0.240 e. The number of alkyl halides is 1. The molecule has 1 aromatic rings. The van der Waals surface area contributed by atoms with Crippen molar-refractivity contribution in [3.63, 3.8) is 0 Å². The number of hydrogen-bond acceptors (Lipinski definition) is 2. The van der Waals surface area contributed by atoms with E-state index in [0.29, 0.717) is 4.90 Å². The Bertz CT molecular complexity index is 461. The average Bonchev–Trinajstić information content (AvgIpc) is 2.33. The van der Waals surface area contributed by atoms with Gasteiger partial charge in [0.1, 0.15) is 0 Å². The molecule has 1 N–H and O–H groups in total. The quantitative estimate of drug-likeness (QED) is 0.860.